The van der Waals surface area contributed by atoms with E-state index in [9.17, 15) is 13.2 Å². The van der Waals surface area contributed by atoms with E-state index in [2.05, 4.69) is 10.2 Å². The maximum absolute atomic E-state index is 11.9. The maximum Gasteiger partial charge on any atom is 0.304 e. The molecule has 0 amide bonds. The van der Waals surface area contributed by atoms with Crippen molar-refractivity contribution in [3.63, 3.8) is 0 Å². The molecule has 0 aliphatic carbocycles. The molecule has 0 atom stereocenters. The van der Waals surface area contributed by atoms with E-state index in [1.165, 1.54) is 12.1 Å². The highest BCUT2D eigenvalue weighted by Crippen LogP contribution is 2.23. The number of aryl methyl sites for hydroxylation is 1. The van der Waals surface area contributed by atoms with Gasteiger partial charge in [-0.2, -0.15) is 5.10 Å². The van der Waals surface area contributed by atoms with Crippen LogP contribution in [0.15, 0.2) is 35.4 Å². The van der Waals surface area contributed by atoms with Gasteiger partial charge in [0.05, 0.1) is 23.3 Å². The Bertz CT molecular complexity index is 717. The van der Waals surface area contributed by atoms with Crippen LogP contribution in [-0.4, -0.2) is 35.4 Å². The number of sulfone groups is 1. The van der Waals surface area contributed by atoms with Gasteiger partial charge in [0, 0.05) is 11.3 Å². The molecular formula is C13H14N2O4S. The number of hydrogen-bond acceptors (Lipinski definition) is 4. The summed E-state index contributed by atoms with van der Waals surface area (Å²) in [6.07, 6.45) is 1.27. The second-order valence-electron chi connectivity index (χ2n) is 4.40. The molecule has 0 aliphatic heterocycles. The van der Waals surface area contributed by atoms with Crippen LogP contribution in [0.3, 0.4) is 0 Å². The summed E-state index contributed by atoms with van der Waals surface area (Å²) >= 11 is 0. The lowest BCUT2D eigenvalue weighted by atomic mass is 10.1. The third-order valence-corrected chi connectivity index (χ3v) is 4.67. The van der Waals surface area contributed by atoms with E-state index in [0.29, 0.717) is 0 Å². The highest BCUT2D eigenvalue weighted by Gasteiger charge is 2.16. The van der Waals surface area contributed by atoms with Crippen LogP contribution < -0.4 is 0 Å². The fourth-order valence-corrected chi connectivity index (χ4v) is 3.05. The number of aromatic amines is 1. The first kappa shape index (κ1) is 14.3. The Hall–Kier alpha value is -2.15. The highest BCUT2D eigenvalue weighted by molar-refractivity contribution is 7.91. The van der Waals surface area contributed by atoms with E-state index >= 15 is 0 Å². The lowest BCUT2D eigenvalue weighted by Crippen LogP contribution is -2.10. The molecule has 2 aromatic rings. The number of H-pyrrole nitrogens is 1. The quantitative estimate of drug-likeness (QED) is 0.873. The minimum Gasteiger partial charge on any atom is -0.481 e. The average molecular weight is 294 g/mol. The minimum atomic E-state index is -3.56. The fourth-order valence-electron chi connectivity index (χ4n) is 1.82. The molecule has 2 rings (SSSR count). The van der Waals surface area contributed by atoms with Gasteiger partial charge in [-0.3, -0.25) is 9.89 Å². The van der Waals surface area contributed by atoms with Gasteiger partial charge in [0.15, 0.2) is 9.84 Å². The van der Waals surface area contributed by atoms with Gasteiger partial charge in [-0.1, -0.05) is 12.1 Å². The Balaban J connectivity index is 2.24. The van der Waals surface area contributed by atoms with Crippen LogP contribution in [0, 0.1) is 6.92 Å². The Kier molecular flexibility index (Phi) is 3.89. The minimum absolute atomic E-state index is 0.128. The van der Waals surface area contributed by atoms with Gasteiger partial charge < -0.3 is 5.11 Å². The molecule has 6 nitrogen and oxygen atoms in total. The molecule has 0 saturated carbocycles. The van der Waals surface area contributed by atoms with Crippen LogP contribution >= 0.6 is 0 Å². The molecule has 0 saturated heterocycles. The molecule has 7 heteroatoms. The van der Waals surface area contributed by atoms with Crippen molar-refractivity contribution in [1.29, 1.82) is 0 Å². The smallest absolute Gasteiger partial charge is 0.304 e. The van der Waals surface area contributed by atoms with Gasteiger partial charge in [0.2, 0.25) is 0 Å². The average Bonchev–Trinajstić information content (AvgIpc) is 2.83. The first-order valence-corrected chi connectivity index (χ1v) is 7.60. The van der Waals surface area contributed by atoms with Crippen molar-refractivity contribution in [1.82, 2.24) is 10.2 Å². The number of hydrogen-bond donors (Lipinski definition) is 2. The zero-order valence-electron chi connectivity index (χ0n) is 10.8. The number of nitrogens with zero attached hydrogens (tertiary/aromatic N) is 1. The topological polar surface area (TPSA) is 100 Å². The lowest BCUT2D eigenvalue weighted by molar-refractivity contribution is -0.136. The lowest BCUT2D eigenvalue weighted by Gasteiger charge is -2.04. The van der Waals surface area contributed by atoms with E-state index in [4.69, 9.17) is 5.11 Å². The summed E-state index contributed by atoms with van der Waals surface area (Å²) in [6, 6.07) is 6.34. The highest BCUT2D eigenvalue weighted by atomic mass is 32.2. The largest absolute Gasteiger partial charge is 0.481 e. The summed E-state index contributed by atoms with van der Waals surface area (Å²) in [6.45, 7) is 1.87. The Labute approximate surface area is 116 Å². The van der Waals surface area contributed by atoms with E-state index < -0.39 is 28.0 Å². The molecular weight excluding hydrogens is 280 g/mol. The van der Waals surface area contributed by atoms with Crippen LogP contribution in [0.4, 0.5) is 0 Å². The van der Waals surface area contributed by atoms with Crippen molar-refractivity contribution in [2.24, 2.45) is 0 Å². The first-order valence-electron chi connectivity index (χ1n) is 5.95. The zero-order valence-corrected chi connectivity index (χ0v) is 11.6. The molecule has 1 aromatic heterocycles. The molecule has 0 bridgehead atoms. The number of nitrogens with one attached hydrogen (secondary N) is 1. The monoisotopic (exact) mass is 294 g/mol. The summed E-state index contributed by atoms with van der Waals surface area (Å²) < 4.78 is 23.8. The maximum atomic E-state index is 11.9. The van der Waals surface area contributed by atoms with Crippen LogP contribution in [0.25, 0.3) is 11.1 Å². The summed E-state index contributed by atoms with van der Waals surface area (Å²) in [4.78, 5) is 10.6. The summed E-state index contributed by atoms with van der Waals surface area (Å²) in [5, 5.41) is 15.3. The van der Waals surface area contributed by atoms with Crippen LogP contribution in [0.1, 0.15) is 12.1 Å². The number of benzene rings is 1. The number of carboxylic acid groups (broad SMARTS) is 1. The molecule has 1 aromatic carbocycles. The van der Waals surface area contributed by atoms with E-state index in [-0.39, 0.29) is 4.90 Å². The van der Waals surface area contributed by atoms with Gasteiger partial charge in [0.25, 0.3) is 0 Å². The number of carbonyl (C=O) groups is 1. The van der Waals surface area contributed by atoms with E-state index in [0.717, 1.165) is 16.8 Å². The summed E-state index contributed by atoms with van der Waals surface area (Å²) in [7, 11) is -3.56. The molecule has 106 valence electrons. The second kappa shape index (κ2) is 5.46. The van der Waals surface area contributed by atoms with Crippen molar-refractivity contribution in [2.75, 3.05) is 5.75 Å². The van der Waals surface area contributed by atoms with Crippen molar-refractivity contribution < 1.29 is 18.3 Å². The molecule has 1 heterocycles. The molecule has 0 fully saturated rings. The predicted molar refractivity (Wildman–Crippen MR) is 73.1 cm³/mol. The fraction of sp³-hybridized carbons (Fsp3) is 0.231. The first-order chi connectivity index (χ1) is 9.40. The third-order valence-electron chi connectivity index (χ3n) is 2.94. The Morgan fingerprint density at radius 2 is 1.95 bits per heavy atom. The Morgan fingerprint density at radius 3 is 2.45 bits per heavy atom. The van der Waals surface area contributed by atoms with Crippen molar-refractivity contribution in [2.45, 2.75) is 18.2 Å². The van der Waals surface area contributed by atoms with Crippen LogP contribution in [0.2, 0.25) is 0 Å². The van der Waals surface area contributed by atoms with Gasteiger partial charge in [-0.25, -0.2) is 8.42 Å². The zero-order chi connectivity index (χ0) is 14.8. The summed E-state index contributed by atoms with van der Waals surface area (Å²) in [5.74, 6) is -1.52. The van der Waals surface area contributed by atoms with Gasteiger partial charge in [-0.05, 0) is 24.6 Å². The Morgan fingerprint density at radius 1 is 1.30 bits per heavy atom. The number of carboxylic acids is 1. The third kappa shape index (κ3) is 3.05. The molecule has 2 N–H and O–H groups in total. The number of rotatable bonds is 5. The van der Waals surface area contributed by atoms with Crippen molar-refractivity contribution >= 4 is 15.8 Å². The SMILES string of the molecule is Cc1[nH]ncc1-c1ccc(S(=O)(=O)CCC(=O)O)cc1. The second-order valence-corrected chi connectivity index (χ2v) is 6.50. The van der Waals surface area contributed by atoms with Gasteiger partial charge >= 0.3 is 5.97 Å². The summed E-state index contributed by atoms with van der Waals surface area (Å²) in [5.41, 5.74) is 2.65. The van der Waals surface area contributed by atoms with E-state index in [1.807, 2.05) is 6.92 Å². The van der Waals surface area contributed by atoms with Crippen molar-refractivity contribution in [3.05, 3.63) is 36.2 Å². The van der Waals surface area contributed by atoms with Gasteiger partial charge in [-0.15, -0.1) is 0 Å². The molecule has 0 aliphatic rings. The van der Waals surface area contributed by atoms with Crippen LogP contribution in [-0.2, 0) is 14.6 Å². The van der Waals surface area contributed by atoms with Gasteiger partial charge in [0.1, 0.15) is 0 Å². The number of aliphatic carboxylic acids is 1. The standard InChI is InChI=1S/C13H14N2O4S/c1-9-12(8-14-15-9)10-2-4-11(5-3-10)20(18,19)7-6-13(16)17/h2-5,8H,6-7H2,1H3,(H,14,15)(H,16,17). The normalized spacial score (nSPS) is 11.4. The molecule has 0 radical (unpaired) electrons. The number of aromatic nitrogens is 2. The molecule has 0 unspecified atom stereocenters. The molecule has 20 heavy (non-hydrogen) atoms. The predicted octanol–water partition coefficient (Wildman–Crippen LogP) is 1.63. The molecule has 0 spiro atoms. The van der Waals surface area contributed by atoms with Crippen LogP contribution in [0.5, 0.6) is 0 Å². The van der Waals surface area contributed by atoms with Crippen molar-refractivity contribution in [3.8, 4) is 11.1 Å². The van der Waals surface area contributed by atoms with E-state index in [1.54, 1.807) is 18.3 Å².